The van der Waals surface area contributed by atoms with E-state index in [4.69, 9.17) is 5.11 Å². The number of aliphatic carboxylic acids is 1. The molecule has 0 aliphatic carbocycles. The Morgan fingerprint density at radius 2 is 2.22 bits per heavy atom. The number of amides is 1. The number of hydrogen-bond donors (Lipinski definition) is 2. The Kier molecular flexibility index (Phi) is 3.23. The van der Waals surface area contributed by atoms with Gasteiger partial charge in [-0.15, -0.1) is 0 Å². The van der Waals surface area contributed by atoms with Crippen molar-refractivity contribution in [2.45, 2.75) is 25.8 Å². The molecule has 2 N–H and O–H groups in total. The van der Waals surface area contributed by atoms with Crippen LogP contribution in [0, 0.1) is 0 Å². The van der Waals surface area contributed by atoms with Crippen LogP contribution in [0.2, 0.25) is 0 Å². The van der Waals surface area contributed by atoms with E-state index in [0.29, 0.717) is 0 Å². The summed E-state index contributed by atoms with van der Waals surface area (Å²) in [5, 5.41) is 11.9. The Hall–Kier alpha value is -2.04. The van der Waals surface area contributed by atoms with Crippen molar-refractivity contribution in [2.75, 3.05) is 17.3 Å². The molecular weight excluding hydrogens is 232 g/mol. The number of aryl methyl sites for hydroxylation is 1. The number of fused-ring (bicyclic) bond motifs is 1. The number of anilines is 2. The van der Waals surface area contributed by atoms with Crippen LogP contribution >= 0.6 is 0 Å². The molecule has 1 aliphatic heterocycles. The largest absolute Gasteiger partial charge is 0.481 e. The summed E-state index contributed by atoms with van der Waals surface area (Å²) >= 11 is 0. The van der Waals surface area contributed by atoms with E-state index in [1.165, 1.54) is 4.90 Å². The Morgan fingerprint density at radius 3 is 2.83 bits per heavy atom. The van der Waals surface area contributed by atoms with Crippen molar-refractivity contribution >= 4 is 23.3 Å². The summed E-state index contributed by atoms with van der Waals surface area (Å²) in [6.07, 6.45) is 0.624. The van der Waals surface area contributed by atoms with Gasteiger partial charge in [0.25, 0.3) is 0 Å². The standard InChI is InChI=1S/C13H16N2O3/c1-3-8-5-4-6-10-12(8)14-9(7-11(16)17)13(18)15(10)2/h4-6,9,14H,3,7H2,1-2H3,(H,16,17). The fourth-order valence-corrected chi connectivity index (χ4v) is 2.23. The average molecular weight is 248 g/mol. The van der Waals surface area contributed by atoms with Crippen molar-refractivity contribution in [1.29, 1.82) is 0 Å². The third kappa shape index (κ3) is 2.03. The molecular formula is C13H16N2O3. The monoisotopic (exact) mass is 248 g/mol. The molecule has 1 heterocycles. The van der Waals surface area contributed by atoms with E-state index in [2.05, 4.69) is 5.32 Å². The third-order valence-electron chi connectivity index (χ3n) is 3.20. The van der Waals surface area contributed by atoms with E-state index in [1.54, 1.807) is 7.05 Å². The van der Waals surface area contributed by atoms with Gasteiger partial charge in [0.1, 0.15) is 6.04 Å². The molecule has 0 saturated carbocycles. The number of para-hydroxylation sites is 1. The lowest BCUT2D eigenvalue weighted by Gasteiger charge is -2.33. The van der Waals surface area contributed by atoms with Gasteiger partial charge in [-0.25, -0.2) is 0 Å². The SMILES string of the molecule is CCc1cccc2c1NC(CC(=O)O)C(=O)N2C. The zero-order valence-corrected chi connectivity index (χ0v) is 10.4. The molecule has 0 bridgehead atoms. The summed E-state index contributed by atoms with van der Waals surface area (Å²) in [4.78, 5) is 24.3. The lowest BCUT2D eigenvalue weighted by molar-refractivity contribution is -0.138. The summed E-state index contributed by atoms with van der Waals surface area (Å²) in [6, 6.07) is 5.05. The topological polar surface area (TPSA) is 69.6 Å². The van der Waals surface area contributed by atoms with Crippen LogP contribution < -0.4 is 10.2 Å². The molecule has 5 heteroatoms. The maximum atomic E-state index is 12.0. The number of nitrogens with one attached hydrogen (secondary N) is 1. The summed E-state index contributed by atoms with van der Waals surface area (Å²) < 4.78 is 0. The van der Waals surface area contributed by atoms with Gasteiger partial charge in [-0.2, -0.15) is 0 Å². The van der Waals surface area contributed by atoms with Crippen LogP contribution in [0.3, 0.4) is 0 Å². The van der Waals surface area contributed by atoms with E-state index in [-0.39, 0.29) is 12.3 Å². The van der Waals surface area contributed by atoms with Crippen LogP contribution in [0.1, 0.15) is 18.9 Å². The molecule has 1 aliphatic rings. The Balaban J connectivity index is 2.41. The molecule has 18 heavy (non-hydrogen) atoms. The molecule has 1 unspecified atom stereocenters. The van der Waals surface area contributed by atoms with Gasteiger partial charge in [0.15, 0.2) is 0 Å². The summed E-state index contributed by atoms with van der Waals surface area (Å²) in [7, 11) is 1.68. The number of carbonyl (C=O) groups is 2. The van der Waals surface area contributed by atoms with Crippen LogP contribution in [0.25, 0.3) is 0 Å². The minimum Gasteiger partial charge on any atom is -0.481 e. The second-order valence-corrected chi connectivity index (χ2v) is 4.36. The highest BCUT2D eigenvalue weighted by atomic mass is 16.4. The molecule has 2 rings (SSSR count). The minimum absolute atomic E-state index is 0.208. The first-order chi connectivity index (χ1) is 8.54. The molecule has 5 nitrogen and oxygen atoms in total. The molecule has 1 amide bonds. The number of benzene rings is 1. The minimum atomic E-state index is -0.980. The average Bonchev–Trinajstić information content (AvgIpc) is 2.34. The van der Waals surface area contributed by atoms with Gasteiger partial charge in [0.05, 0.1) is 17.8 Å². The predicted octanol–water partition coefficient (Wildman–Crippen LogP) is 1.48. The van der Waals surface area contributed by atoms with Crippen molar-refractivity contribution in [3.63, 3.8) is 0 Å². The Morgan fingerprint density at radius 1 is 1.50 bits per heavy atom. The zero-order valence-electron chi connectivity index (χ0n) is 10.4. The number of likely N-dealkylation sites (N-methyl/N-ethyl adjacent to an activating group) is 1. The molecule has 0 spiro atoms. The summed E-state index contributed by atoms with van der Waals surface area (Å²) in [5.74, 6) is -1.19. The number of carbonyl (C=O) groups excluding carboxylic acids is 1. The molecule has 1 aromatic carbocycles. The van der Waals surface area contributed by atoms with Gasteiger partial charge < -0.3 is 15.3 Å². The number of carboxylic acids is 1. The molecule has 0 radical (unpaired) electrons. The Bertz CT molecular complexity index is 499. The summed E-state index contributed by atoms with van der Waals surface area (Å²) in [5.41, 5.74) is 2.76. The fraction of sp³-hybridized carbons (Fsp3) is 0.385. The van der Waals surface area contributed by atoms with Crippen LogP contribution in [0.15, 0.2) is 18.2 Å². The second kappa shape index (κ2) is 4.68. The van der Waals surface area contributed by atoms with Gasteiger partial charge in [-0.1, -0.05) is 19.1 Å². The first kappa shape index (κ1) is 12.4. The molecule has 1 aromatic rings. The number of rotatable bonds is 3. The summed E-state index contributed by atoms with van der Waals surface area (Å²) in [6.45, 7) is 2.03. The molecule has 0 saturated heterocycles. The van der Waals surface area contributed by atoms with Gasteiger partial charge in [-0.3, -0.25) is 9.59 Å². The number of nitrogens with zero attached hydrogens (tertiary/aromatic N) is 1. The smallest absolute Gasteiger partial charge is 0.305 e. The van der Waals surface area contributed by atoms with E-state index >= 15 is 0 Å². The van der Waals surface area contributed by atoms with E-state index in [1.807, 2.05) is 25.1 Å². The van der Waals surface area contributed by atoms with Gasteiger partial charge in [0.2, 0.25) is 5.91 Å². The fourth-order valence-electron chi connectivity index (χ4n) is 2.23. The first-order valence-corrected chi connectivity index (χ1v) is 5.92. The lowest BCUT2D eigenvalue weighted by atomic mass is 10.0. The van der Waals surface area contributed by atoms with Crippen LogP contribution in [-0.2, 0) is 16.0 Å². The molecule has 96 valence electrons. The third-order valence-corrected chi connectivity index (χ3v) is 3.20. The number of hydrogen-bond acceptors (Lipinski definition) is 3. The lowest BCUT2D eigenvalue weighted by Crippen LogP contribution is -2.46. The van der Waals surface area contributed by atoms with Gasteiger partial charge in [0, 0.05) is 7.05 Å². The maximum absolute atomic E-state index is 12.0. The maximum Gasteiger partial charge on any atom is 0.305 e. The van der Waals surface area contributed by atoms with Crippen LogP contribution in [0.4, 0.5) is 11.4 Å². The highest BCUT2D eigenvalue weighted by Gasteiger charge is 2.32. The van der Waals surface area contributed by atoms with Gasteiger partial charge in [-0.05, 0) is 18.1 Å². The highest BCUT2D eigenvalue weighted by molar-refractivity contribution is 6.06. The highest BCUT2D eigenvalue weighted by Crippen LogP contribution is 2.34. The van der Waals surface area contributed by atoms with Crippen LogP contribution in [0.5, 0.6) is 0 Å². The van der Waals surface area contributed by atoms with Gasteiger partial charge >= 0.3 is 5.97 Å². The van der Waals surface area contributed by atoms with Crippen molar-refractivity contribution in [3.8, 4) is 0 Å². The van der Waals surface area contributed by atoms with E-state index < -0.39 is 12.0 Å². The predicted molar refractivity (Wildman–Crippen MR) is 68.9 cm³/mol. The number of carboxylic acid groups (broad SMARTS) is 1. The molecule has 0 aromatic heterocycles. The second-order valence-electron chi connectivity index (χ2n) is 4.36. The first-order valence-electron chi connectivity index (χ1n) is 5.92. The van der Waals surface area contributed by atoms with Crippen molar-refractivity contribution in [2.24, 2.45) is 0 Å². The van der Waals surface area contributed by atoms with Crippen molar-refractivity contribution in [3.05, 3.63) is 23.8 Å². The van der Waals surface area contributed by atoms with E-state index in [0.717, 1.165) is 23.4 Å². The zero-order chi connectivity index (χ0) is 13.3. The molecule has 1 atom stereocenters. The van der Waals surface area contributed by atoms with Crippen molar-refractivity contribution < 1.29 is 14.7 Å². The van der Waals surface area contributed by atoms with Crippen LogP contribution in [-0.4, -0.2) is 30.1 Å². The van der Waals surface area contributed by atoms with Crippen molar-refractivity contribution in [1.82, 2.24) is 0 Å². The van der Waals surface area contributed by atoms with E-state index in [9.17, 15) is 9.59 Å². The quantitative estimate of drug-likeness (QED) is 0.850. The normalized spacial score (nSPS) is 18.2. The Labute approximate surface area is 105 Å². The molecule has 0 fully saturated rings.